The fourth-order valence-corrected chi connectivity index (χ4v) is 2.69. The van der Waals surface area contributed by atoms with Crippen molar-refractivity contribution in [2.45, 2.75) is 26.8 Å². The van der Waals surface area contributed by atoms with E-state index in [0.717, 1.165) is 29.9 Å². The van der Waals surface area contributed by atoms with Crippen molar-refractivity contribution in [1.29, 1.82) is 0 Å². The van der Waals surface area contributed by atoms with E-state index in [1.165, 1.54) is 10.4 Å². The van der Waals surface area contributed by atoms with E-state index in [-0.39, 0.29) is 0 Å². The normalized spacial score (nSPS) is 10.5. The maximum absolute atomic E-state index is 5.89. The van der Waals surface area contributed by atoms with Gasteiger partial charge in [0.15, 0.2) is 0 Å². The van der Waals surface area contributed by atoms with Crippen LogP contribution in [0.5, 0.6) is 0 Å². The standard InChI is InChI=1S/C14H18N2S/c1-3-11-6-7-17-14(11)9-16-12-5-4-10(2)13(15)8-12/h4-8,16H,3,9,15H2,1-2H3. The third-order valence-electron chi connectivity index (χ3n) is 2.95. The summed E-state index contributed by atoms with van der Waals surface area (Å²) >= 11 is 1.81. The van der Waals surface area contributed by atoms with Gasteiger partial charge in [-0.15, -0.1) is 11.3 Å². The zero-order valence-electron chi connectivity index (χ0n) is 10.3. The molecule has 0 fully saturated rings. The van der Waals surface area contributed by atoms with Crippen LogP contribution in [0.3, 0.4) is 0 Å². The Morgan fingerprint density at radius 3 is 2.82 bits per heavy atom. The summed E-state index contributed by atoms with van der Waals surface area (Å²) in [7, 11) is 0. The van der Waals surface area contributed by atoms with Crippen LogP contribution < -0.4 is 11.1 Å². The van der Waals surface area contributed by atoms with Gasteiger partial charge in [-0.3, -0.25) is 0 Å². The maximum atomic E-state index is 5.89. The van der Waals surface area contributed by atoms with Crippen molar-refractivity contribution in [2.24, 2.45) is 0 Å². The number of aryl methyl sites for hydroxylation is 2. The molecule has 0 unspecified atom stereocenters. The van der Waals surface area contributed by atoms with Crippen LogP contribution in [-0.2, 0) is 13.0 Å². The average Bonchev–Trinajstić information content (AvgIpc) is 2.78. The van der Waals surface area contributed by atoms with Gasteiger partial charge in [0.25, 0.3) is 0 Å². The first-order valence-electron chi connectivity index (χ1n) is 5.86. The molecule has 0 saturated heterocycles. The number of benzene rings is 1. The summed E-state index contributed by atoms with van der Waals surface area (Å²) in [6.45, 7) is 5.09. The third kappa shape index (κ3) is 2.80. The smallest absolute Gasteiger partial charge is 0.0496 e. The first kappa shape index (κ1) is 12.0. The van der Waals surface area contributed by atoms with Gasteiger partial charge < -0.3 is 11.1 Å². The molecule has 0 atom stereocenters. The predicted octanol–water partition coefficient (Wildman–Crippen LogP) is 3.81. The molecule has 2 aromatic rings. The molecule has 0 aliphatic heterocycles. The van der Waals surface area contributed by atoms with E-state index >= 15 is 0 Å². The Kier molecular flexibility index (Phi) is 3.69. The molecule has 0 aliphatic rings. The molecule has 0 amide bonds. The Labute approximate surface area is 106 Å². The van der Waals surface area contributed by atoms with Crippen LogP contribution in [0, 0.1) is 6.92 Å². The number of hydrogen-bond donors (Lipinski definition) is 2. The molecule has 0 saturated carbocycles. The Hall–Kier alpha value is -1.48. The van der Waals surface area contributed by atoms with E-state index in [2.05, 4.69) is 29.8 Å². The van der Waals surface area contributed by atoms with Crippen LogP contribution in [0.4, 0.5) is 11.4 Å². The van der Waals surface area contributed by atoms with Gasteiger partial charge in [-0.2, -0.15) is 0 Å². The average molecular weight is 246 g/mol. The number of anilines is 2. The molecule has 2 nitrogen and oxygen atoms in total. The highest BCUT2D eigenvalue weighted by Gasteiger charge is 2.02. The zero-order chi connectivity index (χ0) is 12.3. The predicted molar refractivity (Wildman–Crippen MR) is 76.6 cm³/mol. The summed E-state index contributed by atoms with van der Waals surface area (Å²) in [5, 5.41) is 5.57. The summed E-state index contributed by atoms with van der Waals surface area (Å²) in [6.07, 6.45) is 1.09. The Balaban J connectivity index is 2.05. The molecule has 2 rings (SSSR count). The lowest BCUT2D eigenvalue weighted by Gasteiger charge is -2.08. The van der Waals surface area contributed by atoms with E-state index < -0.39 is 0 Å². The molecule has 90 valence electrons. The molecule has 1 heterocycles. The van der Waals surface area contributed by atoms with Crippen molar-refractivity contribution in [3.63, 3.8) is 0 Å². The Morgan fingerprint density at radius 2 is 2.12 bits per heavy atom. The monoisotopic (exact) mass is 246 g/mol. The molecule has 0 aliphatic carbocycles. The lowest BCUT2D eigenvalue weighted by Crippen LogP contribution is -2.00. The number of hydrogen-bond acceptors (Lipinski definition) is 3. The van der Waals surface area contributed by atoms with Gasteiger partial charge in [0.1, 0.15) is 0 Å². The minimum absolute atomic E-state index is 0.844. The van der Waals surface area contributed by atoms with E-state index in [0.29, 0.717) is 0 Å². The maximum Gasteiger partial charge on any atom is 0.0496 e. The minimum Gasteiger partial charge on any atom is -0.398 e. The van der Waals surface area contributed by atoms with Crippen molar-refractivity contribution in [3.05, 3.63) is 45.6 Å². The number of nitrogen functional groups attached to an aromatic ring is 1. The molecule has 3 N–H and O–H groups in total. The van der Waals surface area contributed by atoms with Crippen molar-refractivity contribution in [2.75, 3.05) is 11.1 Å². The highest BCUT2D eigenvalue weighted by atomic mass is 32.1. The molecule has 1 aromatic heterocycles. The van der Waals surface area contributed by atoms with Crippen LogP contribution in [0.1, 0.15) is 22.9 Å². The molecule has 0 spiro atoms. The fraction of sp³-hybridized carbons (Fsp3) is 0.286. The fourth-order valence-electron chi connectivity index (χ4n) is 1.77. The second-order valence-electron chi connectivity index (χ2n) is 4.15. The molecular formula is C14H18N2S. The summed E-state index contributed by atoms with van der Waals surface area (Å²) in [4.78, 5) is 1.41. The molecule has 1 aromatic carbocycles. The highest BCUT2D eigenvalue weighted by Crippen LogP contribution is 2.21. The third-order valence-corrected chi connectivity index (χ3v) is 3.91. The van der Waals surface area contributed by atoms with Gasteiger partial charge >= 0.3 is 0 Å². The minimum atomic E-state index is 0.844. The SMILES string of the molecule is CCc1ccsc1CNc1ccc(C)c(N)c1. The lowest BCUT2D eigenvalue weighted by molar-refractivity contribution is 1.08. The van der Waals surface area contributed by atoms with Gasteiger partial charge in [-0.1, -0.05) is 13.0 Å². The number of nitrogens with one attached hydrogen (secondary N) is 1. The van der Waals surface area contributed by atoms with Crippen molar-refractivity contribution < 1.29 is 0 Å². The topological polar surface area (TPSA) is 38.0 Å². The summed E-state index contributed by atoms with van der Waals surface area (Å²) < 4.78 is 0. The summed E-state index contributed by atoms with van der Waals surface area (Å²) in [6, 6.07) is 8.32. The number of rotatable bonds is 4. The Bertz CT molecular complexity index is 503. The van der Waals surface area contributed by atoms with Crippen molar-refractivity contribution >= 4 is 22.7 Å². The zero-order valence-corrected chi connectivity index (χ0v) is 11.1. The quantitative estimate of drug-likeness (QED) is 0.805. The van der Waals surface area contributed by atoms with E-state index in [1.807, 2.05) is 19.1 Å². The van der Waals surface area contributed by atoms with Crippen LogP contribution in [0.25, 0.3) is 0 Å². The van der Waals surface area contributed by atoms with E-state index in [9.17, 15) is 0 Å². The van der Waals surface area contributed by atoms with Gasteiger partial charge in [0, 0.05) is 22.8 Å². The molecule has 0 radical (unpaired) electrons. The Morgan fingerprint density at radius 1 is 1.29 bits per heavy atom. The molecule has 3 heteroatoms. The van der Waals surface area contributed by atoms with E-state index in [1.54, 1.807) is 11.3 Å². The van der Waals surface area contributed by atoms with Gasteiger partial charge in [0.05, 0.1) is 0 Å². The largest absolute Gasteiger partial charge is 0.398 e. The van der Waals surface area contributed by atoms with Crippen molar-refractivity contribution in [3.8, 4) is 0 Å². The van der Waals surface area contributed by atoms with Gasteiger partial charge in [-0.25, -0.2) is 0 Å². The lowest BCUT2D eigenvalue weighted by atomic mass is 10.2. The van der Waals surface area contributed by atoms with Crippen LogP contribution in [0.15, 0.2) is 29.6 Å². The van der Waals surface area contributed by atoms with Gasteiger partial charge in [-0.05, 0) is 48.1 Å². The highest BCUT2D eigenvalue weighted by molar-refractivity contribution is 7.10. The first-order chi connectivity index (χ1) is 8.20. The van der Waals surface area contributed by atoms with Crippen molar-refractivity contribution in [1.82, 2.24) is 0 Å². The van der Waals surface area contributed by atoms with E-state index in [4.69, 9.17) is 5.73 Å². The van der Waals surface area contributed by atoms with Gasteiger partial charge in [0.2, 0.25) is 0 Å². The van der Waals surface area contributed by atoms with Crippen LogP contribution in [-0.4, -0.2) is 0 Å². The number of thiophene rings is 1. The second-order valence-corrected chi connectivity index (χ2v) is 5.15. The molecular weight excluding hydrogens is 228 g/mol. The number of nitrogens with two attached hydrogens (primary N) is 1. The van der Waals surface area contributed by atoms with Crippen LogP contribution >= 0.6 is 11.3 Å². The molecule has 0 bridgehead atoms. The van der Waals surface area contributed by atoms with Crippen LogP contribution in [0.2, 0.25) is 0 Å². The second kappa shape index (κ2) is 5.23. The first-order valence-corrected chi connectivity index (χ1v) is 6.74. The summed E-state index contributed by atoms with van der Waals surface area (Å²) in [5.74, 6) is 0. The molecule has 17 heavy (non-hydrogen) atoms. The summed E-state index contributed by atoms with van der Waals surface area (Å²) in [5.41, 5.74) is 10.4.